The van der Waals surface area contributed by atoms with Crippen LogP contribution in [0.1, 0.15) is 65.8 Å². The number of carbonyl (C=O) groups is 2. The highest BCUT2D eigenvalue weighted by molar-refractivity contribution is 6.15. The molecule has 2 aromatic rings. The van der Waals surface area contributed by atoms with E-state index in [1.807, 2.05) is 0 Å². The molecule has 31 heavy (non-hydrogen) atoms. The zero-order valence-electron chi connectivity index (χ0n) is 18.3. The van der Waals surface area contributed by atoms with Crippen LogP contribution in [0, 0.1) is 0 Å². The number of rotatable bonds is 13. The Balaban J connectivity index is 2.39. The number of carboxylic acids is 1. The summed E-state index contributed by atoms with van der Waals surface area (Å²) in [6.45, 7) is 9.80. The summed E-state index contributed by atoms with van der Waals surface area (Å²) in [5.41, 5.74) is 0.716. The van der Waals surface area contributed by atoms with Crippen molar-refractivity contribution in [3.05, 3.63) is 65.7 Å². The van der Waals surface area contributed by atoms with E-state index in [1.165, 1.54) is 18.2 Å². The Morgan fingerprint density at radius 1 is 1.00 bits per heavy atom. The van der Waals surface area contributed by atoms with Gasteiger partial charge in [-0.3, -0.25) is 4.79 Å². The fourth-order valence-electron chi connectivity index (χ4n) is 3.26. The van der Waals surface area contributed by atoms with Crippen LogP contribution < -0.4 is 9.64 Å². The van der Waals surface area contributed by atoms with Crippen molar-refractivity contribution in [3.63, 3.8) is 0 Å². The molecule has 166 valence electrons. The topological polar surface area (TPSA) is 87.1 Å². The van der Waals surface area contributed by atoms with E-state index in [9.17, 15) is 19.8 Å². The van der Waals surface area contributed by atoms with Gasteiger partial charge in [-0.25, -0.2) is 4.79 Å². The third kappa shape index (κ3) is 6.35. The fourth-order valence-corrected chi connectivity index (χ4v) is 3.26. The SMILES string of the molecule is C=CCOc1ccc(C(=O)O)c(C(=O)c2ccc(N(CCCC)CCCC)cc2O)c1. The van der Waals surface area contributed by atoms with Crippen LogP contribution in [-0.2, 0) is 0 Å². The molecule has 0 aliphatic carbocycles. The van der Waals surface area contributed by atoms with Crippen LogP contribution in [0.25, 0.3) is 0 Å². The fraction of sp³-hybridized carbons (Fsp3) is 0.360. The normalized spacial score (nSPS) is 10.5. The van der Waals surface area contributed by atoms with Crippen LogP contribution in [0.4, 0.5) is 5.69 Å². The number of hydrogen-bond donors (Lipinski definition) is 2. The molecule has 6 heteroatoms. The van der Waals surface area contributed by atoms with Gasteiger partial charge in [0.1, 0.15) is 18.1 Å². The second-order valence-electron chi connectivity index (χ2n) is 7.34. The Labute approximate surface area is 183 Å². The van der Waals surface area contributed by atoms with Gasteiger partial charge in [0, 0.05) is 30.4 Å². The predicted octanol–water partition coefficient (Wildman–Crippen LogP) is 5.29. The van der Waals surface area contributed by atoms with Gasteiger partial charge >= 0.3 is 5.97 Å². The van der Waals surface area contributed by atoms with E-state index in [1.54, 1.807) is 24.3 Å². The summed E-state index contributed by atoms with van der Waals surface area (Å²) in [4.78, 5) is 27.0. The maximum Gasteiger partial charge on any atom is 0.336 e. The highest BCUT2D eigenvalue weighted by Gasteiger charge is 2.22. The Hall–Kier alpha value is -3.28. The molecule has 0 bridgehead atoms. The van der Waals surface area contributed by atoms with E-state index in [0.29, 0.717) is 5.75 Å². The highest BCUT2D eigenvalue weighted by Crippen LogP contribution is 2.29. The molecule has 0 spiro atoms. The number of anilines is 1. The number of ether oxygens (including phenoxy) is 1. The number of carboxylic acid groups (broad SMARTS) is 1. The lowest BCUT2D eigenvalue weighted by Crippen LogP contribution is -2.25. The van der Waals surface area contributed by atoms with Crippen molar-refractivity contribution in [2.75, 3.05) is 24.6 Å². The lowest BCUT2D eigenvalue weighted by Gasteiger charge is -2.25. The zero-order chi connectivity index (χ0) is 22.8. The van der Waals surface area contributed by atoms with Crippen molar-refractivity contribution >= 4 is 17.4 Å². The molecule has 0 saturated heterocycles. The van der Waals surface area contributed by atoms with Crippen molar-refractivity contribution in [3.8, 4) is 11.5 Å². The maximum atomic E-state index is 13.1. The summed E-state index contributed by atoms with van der Waals surface area (Å²) in [6.07, 6.45) is 5.75. The molecule has 0 aromatic heterocycles. The molecule has 0 unspecified atom stereocenters. The quantitative estimate of drug-likeness (QED) is 0.335. The number of nitrogens with zero attached hydrogens (tertiary/aromatic N) is 1. The molecule has 0 atom stereocenters. The molecular weight excluding hydrogens is 394 g/mol. The molecule has 0 amide bonds. The summed E-state index contributed by atoms with van der Waals surface area (Å²) >= 11 is 0. The summed E-state index contributed by atoms with van der Waals surface area (Å²) < 4.78 is 5.44. The molecule has 2 rings (SSSR count). The molecule has 6 nitrogen and oxygen atoms in total. The number of ketones is 1. The molecular formula is C25H31NO5. The first-order valence-electron chi connectivity index (χ1n) is 10.7. The molecule has 2 N–H and O–H groups in total. The van der Waals surface area contributed by atoms with Crippen LogP contribution in [0.15, 0.2) is 49.1 Å². The highest BCUT2D eigenvalue weighted by atomic mass is 16.5. The number of phenolic OH excluding ortho intramolecular Hbond substituents is 1. The van der Waals surface area contributed by atoms with Gasteiger partial charge in [-0.2, -0.15) is 0 Å². The molecule has 0 fully saturated rings. The number of unbranched alkanes of at least 4 members (excludes halogenated alkanes) is 2. The minimum Gasteiger partial charge on any atom is -0.507 e. The van der Waals surface area contributed by atoms with Crippen LogP contribution in [0.3, 0.4) is 0 Å². The second kappa shape index (κ2) is 11.8. The number of phenols is 1. The molecule has 0 heterocycles. The number of benzene rings is 2. The van der Waals surface area contributed by atoms with Crippen LogP contribution in [-0.4, -0.2) is 41.7 Å². The van der Waals surface area contributed by atoms with Crippen molar-refractivity contribution < 1.29 is 24.5 Å². The first-order chi connectivity index (χ1) is 14.9. The average molecular weight is 426 g/mol. The van der Waals surface area contributed by atoms with Crippen LogP contribution in [0.2, 0.25) is 0 Å². The maximum absolute atomic E-state index is 13.1. The number of aromatic hydroxyl groups is 1. The third-order valence-electron chi connectivity index (χ3n) is 4.99. The monoisotopic (exact) mass is 425 g/mol. The molecule has 0 radical (unpaired) electrons. The molecule has 0 aliphatic rings. The summed E-state index contributed by atoms with van der Waals surface area (Å²) in [5, 5.41) is 20.1. The van der Waals surface area contributed by atoms with E-state index in [-0.39, 0.29) is 29.0 Å². The van der Waals surface area contributed by atoms with Crippen LogP contribution >= 0.6 is 0 Å². The molecule has 0 aliphatic heterocycles. The third-order valence-corrected chi connectivity index (χ3v) is 4.99. The first-order valence-corrected chi connectivity index (χ1v) is 10.7. The van der Waals surface area contributed by atoms with Gasteiger partial charge in [-0.15, -0.1) is 0 Å². The van der Waals surface area contributed by atoms with Gasteiger partial charge in [-0.1, -0.05) is 39.3 Å². The van der Waals surface area contributed by atoms with E-state index in [0.717, 1.165) is 44.5 Å². The van der Waals surface area contributed by atoms with E-state index in [2.05, 4.69) is 25.3 Å². The van der Waals surface area contributed by atoms with Gasteiger partial charge in [-0.05, 0) is 43.2 Å². The first kappa shape index (κ1) is 24.0. The van der Waals surface area contributed by atoms with Gasteiger partial charge in [0.2, 0.25) is 0 Å². The van der Waals surface area contributed by atoms with Gasteiger partial charge in [0.15, 0.2) is 5.78 Å². The van der Waals surface area contributed by atoms with Crippen molar-refractivity contribution in [2.45, 2.75) is 39.5 Å². The Kier molecular flexibility index (Phi) is 9.13. The Bertz CT molecular complexity index is 914. The molecule has 0 saturated carbocycles. The van der Waals surface area contributed by atoms with E-state index >= 15 is 0 Å². The standard InChI is InChI=1S/C25H31NO5/c1-4-7-13-26(14-8-5-2)18-9-11-21(23(27)16-18)24(28)22-17-19(31-15-6-3)10-12-20(22)25(29)30/h6,9-12,16-17,27H,3-5,7-8,13-15H2,1-2H3,(H,29,30). The minimum atomic E-state index is -1.22. The van der Waals surface area contributed by atoms with E-state index < -0.39 is 11.8 Å². The second-order valence-corrected chi connectivity index (χ2v) is 7.34. The number of hydrogen-bond acceptors (Lipinski definition) is 5. The average Bonchev–Trinajstić information content (AvgIpc) is 2.77. The Morgan fingerprint density at radius 2 is 1.65 bits per heavy atom. The summed E-state index contributed by atoms with van der Waals surface area (Å²) in [7, 11) is 0. The number of carbonyl (C=O) groups excluding carboxylic acids is 1. The van der Waals surface area contributed by atoms with Crippen molar-refractivity contribution in [1.29, 1.82) is 0 Å². The van der Waals surface area contributed by atoms with E-state index in [4.69, 9.17) is 4.74 Å². The smallest absolute Gasteiger partial charge is 0.336 e. The lowest BCUT2D eigenvalue weighted by molar-refractivity contribution is 0.0692. The lowest BCUT2D eigenvalue weighted by atomic mass is 9.97. The van der Waals surface area contributed by atoms with Crippen LogP contribution in [0.5, 0.6) is 11.5 Å². The van der Waals surface area contributed by atoms with Gasteiger partial charge in [0.25, 0.3) is 0 Å². The predicted molar refractivity (Wildman–Crippen MR) is 123 cm³/mol. The molecule has 2 aromatic carbocycles. The van der Waals surface area contributed by atoms with Gasteiger partial charge in [0.05, 0.1) is 11.1 Å². The Morgan fingerprint density at radius 3 is 2.19 bits per heavy atom. The van der Waals surface area contributed by atoms with Gasteiger partial charge < -0.3 is 19.8 Å². The minimum absolute atomic E-state index is 0.0362. The summed E-state index contributed by atoms with van der Waals surface area (Å²) in [5.74, 6) is -1.61. The van der Waals surface area contributed by atoms with Crippen molar-refractivity contribution in [2.24, 2.45) is 0 Å². The zero-order valence-corrected chi connectivity index (χ0v) is 18.3. The number of aromatic carboxylic acids is 1. The largest absolute Gasteiger partial charge is 0.507 e. The summed E-state index contributed by atoms with van der Waals surface area (Å²) in [6, 6.07) is 9.15. The van der Waals surface area contributed by atoms with Crippen molar-refractivity contribution in [1.82, 2.24) is 0 Å².